The molecule has 1 aliphatic carbocycles. The summed E-state index contributed by atoms with van der Waals surface area (Å²) in [6.07, 6.45) is 2.32. The third-order valence-electron chi connectivity index (χ3n) is 6.45. The minimum atomic E-state index is -0.578. The summed E-state index contributed by atoms with van der Waals surface area (Å²) in [7, 11) is 0. The van der Waals surface area contributed by atoms with Crippen LogP contribution in [0.2, 0.25) is 0 Å². The fourth-order valence-corrected chi connectivity index (χ4v) is 4.69. The van der Waals surface area contributed by atoms with Gasteiger partial charge in [-0.1, -0.05) is 55.5 Å². The summed E-state index contributed by atoms with van der Waals surface area (Å²) < 4.78 is 11.1. The highest BCUT2D eigenvalue weighted by Crippen LogP contribution is 2.44. The molecule has 3 amide bonds. The number of rotatable bonds is 13. The van der Waals surface area contributed by atoms with Gasteiger partial charge in [0.15, 0.2) is 0 Å². The van der Waals surface area contributed by atoms with Crippen molar-refractivity contribution in [2.45, 2.75) is 57.4 Å². The first-order valence-electron chi connectivity index (χ1n) is 12.9. The van der Waals surface area contributed by atoms with E-state index in [9.17, 15) is 14.4 Å². The van der Waals surface area contributed by atoms with Gasteiger partial charge in [0, 0.05) is 18.9 Å². The molecule has 10 heteroatoms. The maximum atomic E-state index is 12.4. The Morgan fingerprint density at radius 3 is 2.37 bits per heavy atom. The summed E-state index contributed by atoms with van der Waals surface area (Å²) in [5, 5.41) is 13.5. The quantitative estimate of drug-likeness (QED) is 0.291. The first-order valence-corrected chi connectivity index (χ1v) is 12.9. The number of ether oxygens (including phenoxy) is 1. The van der Waals surface area contributed by atoms with Crippen molar-refractivity contribution >= 4 is 17.9 Å². The Bertz CT molecular complexity index is 1230. The highest BCUT2D eigenvalue weighted by atomic mass is 16.5. The molecular weight excluding hydrogens is 486 g/mol. The summed E-state index contributed by atoms with van der Waals surface area (Å²) in [6.45, 7) is 2.60. The fraction of sp³-hybridized carbons (Fsp3) is 0.393. The van der Waals surface area contributed by atoms with Crippen molar-refractivity contribution in [1.82, 2.24) is 20.8 Å². The topological polar surface area (TPSA) is 149 Å². The van der Waals surface area contributed by atoms with Crippen molar-refractivity contribution in [2.75, 3.05) is 13.2 Å². The second-order valence-corrected chi connectivity index (χ2v) is 9.30. The van der Waals surface area contributed by atoms with Crippen LogP contribution in [-0.2, 0) is 20.7 Å². The maximum absolute atomic E-state index is 12.4. The Balaban J connectivity index is 1.23. The van der Waals surface area contributed by atoms with Crippen LogP contribution in [0.4, 0.5) is 4.79 Å². The van der Waals surface area contributed by atoms with E-state index < -0.39 is 18.0 Å². The van der Waals surface area contributed by atoms with Crippen molar-refractivity contribution < 1.29 is 23.5 Å². The second-order valence-electron chi connectivity index (χ2n) is 9.30. The molecule has 1 heterocycles. The van der Waals surface area contributed by atoms with Gasteiger partial charge in [0.25, 0.3) is 0 Å². The average Bonchev–Trinajstić information content (AvgIpc) is 3.49. The van der Waals surface area contributed by atoms with Gasteiger partial charge in [0.05, 0.1) is 0 Å². The lowest BCUT2D eigenvalue weighted by Crippen LogP contribution is -2.29. The van der Waals surface area contributed by atoms with Crippen molar-refractivity contribution in [2.24, 2.45) is 5.73 Å². The zero-order valence-electron chi connectivity index (χ0n) is 21.4. The van der Waals surface area contributed by atoms with Crippen molar-refractivity contribution in [3.05, 3.63) is 71.4 Å². The number of amides is 3. The summed E-state index contributed by atoms with van der Waals surface area (Å²) in [4.78, 5) is 35.7. The van der Waals surface area contributed by atoms with Crippen LogP contribution in [0.3, 0.4) is 0 Å². The SMILES string of the molecule is CCCC(=O)N[C@@H](CCCCNC(=O)OCC1c2ccccc2-c2ccccc21)c1nnc(CC(N)=O)o1. The molecule has 0 spiro atoms. The van der Waals surface area contributed by atoms with E-state index in [0.717, 1.165) is 11.1 Å². The van der Waals surface area contributed by atoms with E-state index in [1.807, 2.05) is 31.2 Å². The number of nitrogens with zero attached hydrogens (tertiary/aromatic N) is 2. The first-order chi connectivity index (χ1) is 18.5. The molecule has 38 heavy (non-hydrogen) atoms. The van der Waals surface area contributed by atoms with Crippen LogP contribution in [0.25, 0.3) is 11.1 Å². The number of carbonyl (C=O) groups excluding carboxylic acids is 3. The van der Waals surface area contributed by atoms with E-state index >= 15 is 0 Å². The highest BCUT2D eigenvalue weighted by Gasteiger charge is 2.29. The molecule has 0 bridgehead atoms. The lowest BCUT2D eigenvalue weighted by molar-refractivity contribution is -0.122. The molecule has 2 aromatic carbocycles. The van der Waals surface area contributed by atoms with E-state index in [2.05, 4.69) is 45.1 Å². The average molecular weight is 520 g/mol. The zero-order chi connectivity index (χ0) is 26.9. The van der Waals surface area contributed by atoms with Crippen LogP contribution in [0.1, 0.15) is 73.9 Å². The first kappa shape index (κ1) is 26.8. The minimum Gasteiger partial charge on any atom is -0.449 e. The number of nitrogens with one attached hydrogen (secondary N) is 2. The molecule has 0 aliphatic heterocycles. The van der Waals surface area contributed by atoms with Gasteiger partial charge in [0.1, 0.15) is 19.1 Å². The zero-order valence-corrected chi connectivity index (χ0v) is 21.4. The third-order valence-corrected chi connectivity index (χ3v) is 6.45. The molecule has 3 aromatic rings. The number of primary amides is 1. The summed E-state index contributed by atoms with van der Waals surface area (Å²) in [6, 6.07) is 15.9. The lowest BCUT2D eigenvalue weighted by Gasteiger charge is -2.16. The van der Waals surface area contributed by atoms with Crippen molar-refractivity contribution in [3.63, 3.8) is 0 Å². The molecule has 1 aromatic heterocycles. The maximum Gasteiger partial charge on any atom is 0.407 e. The van der Waals surface area contributed by atoms with Crippen molar-refractivity contribution in [3.8, 4) is 11.1 Å². The van der Waals surface area contributed by atoms with Gasteiger partial charge in [-0.3, -0.25) is 9.59 Å². The van der Waals surface area contributed by atoms with Crippen LogP contribution >= 0.6 is 0 Å². The standard InChI is InChI=1S/C28H33N5O5/c1-2-9-25(35)31-23(27-33-32-26(38-27)16-24(29)34)14-7-8-15-30-28(36)37-17-22-20-12-5-3-10-18(20)19-11-4-6-13-21(19)22/h3-6,10-13,22-23H,2,7-9,14-17H2,1H3,(H2,29,34)(H,30,36)(H,31,35)/t23-/m0/s1. The van der Waals surface area contributed by atoms with Crippen LogP contribution in [0.5, 0.6) is 0 Å². The van der Waals surface area contributed by atoms with E-state index in [-0.39, 0.29) is 36.6 Å². The molecule has 4 N–H and O–H groups in total. The number of nitrogens with two attached hydrogens (primary N) is 1. The Labute approximate surface area is 221 Å². The van der Waals surface area contributed by atoms with Crippen LogP contribution in [0, 0.1) is 0 Å². The van der Waals surface area contributed by atoms with E-state index in [1.54, 1.807) is 0 Å². The molecule has 0 radical (unpaired) electrons. The smallest absolute Gasteiger partial charge is 0.407 e. The van der Waals surface area contributed by atoms with Gasteiger partial charge in [-0.25, -0.2) is 4.79 Å². The van der Waals surface area contributed by atoms with Crippen LogP contribution in [0.15, 0.2) is 52.9 Å². The Morgan fingerprint density at radius 2 is 1.71 bits per heavy atom. The molecule has 10 nitrogen and oxygen atoms in total. The molecule has 0 saturated heterocycles. The number of aromatic nitrogens is 2. The summed E-state index contributed by atoms with van der Waals surface area (Å²) >= 11 is 0. The van der Waals surface area contributed by atoms with E-state index in [0.29, 0.717) is 38.6 Å². The lowest BCUT2D eigenvalue weighted by atomic mass is 9.98. The number of hydrogen-bond donors (Lipinski definition) is 3. The number of unbranched alkanes of at least 4 members (excludes halogenated alkanes) is 1. The number of carbonyl (C=O) groups is 3. The molecular formula is C28H33N5O5. The van der Waals surface area contributed by atoms with Gasteiger partial charge in [-0.2, -0.15) is 0 Å². The molecule has 200 valence electrons. The Kier molecular flexibility index (Phi) is 9.07. The van der Waals surface area contributed by atoms with E-state index in [4.69, 9.17) is 14.9 Å². The largest absolute Gasteiger partial charge is 0.449 e. The van der Waals surface area contributed by atoms with Crippen molar-refractivity contribution in [1.29, 1.82) is 0 Å². The second kappa shape index (κ2) is 12.8. The number of fused-ring (bicyclic) bond motifs is 3. The third kappa shape index (κ3) is 6.76. The fourth-order valence-electron chi connectivity index (χ4n) is 4.69. The van der Waals surface area contributed by atoms with Gasteiger partial charge in [-0.15, -0.1) is 10.2 Å². The molecule has 1 aliphatic rings. The van der Waals surface area contributed by atoms with Gasteiger partial charge >= 0.3 is 6.09 Å². The highest BCUT2D eigenvalue weighted by molar-refractivity contribution is 5.79. The Morgan fingerprint density at radius 1 is 1.03 bits per heavy atom. The number of benzene rings is 2. The predicted molar refractivity (Wildman–Crippen MR) is 140 cm³/mol. The molecule has 0 saturated carbocycles. The van der Waals surface area contributed by atoms with Crippen LogP contribution < -0.4 is 16.4 Å². The Hall–Kier alpha value is -4.21. The van der Waals surface area contributed by atoms with Gasteiger partial charge < -0.3 is 25.5 Å². The molecule has 4 rings (SSSR count). The molecule has 0 fully saturated rings. The van der Waals surface area contributed by atoms with Gasteiger partial charge in [-0.05, 0) is 47.9 Å². The monoisotopic (exact) mass is 519 g/mol. The number of alkyl carbamates (subject to hydrolysis) is 1. The molecule has 0 unspecified atom stereocenters. The molecule has 1 atom stereocenters. The predicted octanol–water partition coefficient (Wildman–Crippen LogP) is 3.76. The minimum absolute atomic E-state index is 0.00880. The van der Waals surface area contributed by atoms with Crippen LogP contribution in [-0.4, -0.2) is 41.3 Å². The summed E-state index contributed by atoms with van der Waals surface area (Å²) in [5.41, 5.74) is 9.88. The summed E-state index contributed by atoms with van der Waals surface area (Å²) in [5.74, 6) is -0.348. The van der Waals surface area contributed by atoms with Gasteiger partial charge in [0.2, 0.25) is 23.6 Å². The van der Waals surface area contributed by atoms with E-state index in [1.165, 1.54) is 11.1 Å². The number of hydrogen-bond acceptors (Lipinski definition) is 7. The normalized spacial score (nSPS) is 12.9.